The second-order valence-corrected chi connectivity index (χ2v) is 13.9. The standard InChI is InChI=1S/C42H53F3/c1-3-5-7-8-10-12-36-25-28-39(42(45)41(36)44)35-23-19-33(20-24-35)37-26-27-38(40(43)29-37)34-21-17-32(18-22-34)31-15-13-30(14-16-31)11-9-6-4-2/h4,6,19-20,23-32,34H,3,5,7-18,21-22H2,1-2H3/b6-4+. The third kappa shape index (κ3) is 8.72. The van der Waals surface area contributed by atoms with E-state index in [-0.39, 0.29) is 11.4 Å². The van der Waals surface area contributed by atoms with Gasteiger partial charge in [0.25, 0.3) is 0 Å². The maximum Gasteiger partial charge on any atom is 0.166 e. The lowest BCUT2D eigenvalue weighted by atomic mass is 9.68. The molecule has 3 aromatic rings. The Labute approximate surface area is 270 Å². The van der Waals surface area contributed by atoms with Crippen LogP contribution in [0.3, 0.4) is 0 Å². The van der Waals surface area contributed by atoms with Crippen molar-refractivity contribution in [2.75, 3.05) is 0 Å². The van der Waals surface area contributed by atoms with Gasteiger partial charge in [-0.2, -0.15) is 0 Å². The van der Waals surface area contributed by atoms with E-state index in [1.54, 1.807) is 30.3 Å². The second-order valence-electron chi connectivity index (χ2n) is 13.9. The SMILES string of the molecule is C/C=C/CCC1CCC(C2CCC(c3ccc(-c4ccc(-c5ccc(CCCCCCC)c(F)c5F)cc4)cc3F)CC2)CC1. The minimum absolute atomic E-state index is 0.125. The highest BCUT2D eigenvalue weighted by Gasteiger charge is 2.32. The van der Waals surface area contributed by atoms with E-state index in [1.165, 1.54) is 57.8 Å². The van der Waals surface area contributed by atoms with Crippen molar-refractivity contribution in [2.45, 2.75) is 122 Å². The molecule has 2 aliphatic carbocycles. The average molecular weight is 615 g/mol. The van der Waals surface area contributed by atoms with Crippen molar-refractivity contribution in [3.8, 4) is 22.3 Å². The minimum Gasteiger partial charge on any atom is -0.207 e. The Morgan fingerprint density at radius 1 is 0.667 bits per heavy atom. The van der Waals surface area contributed by atoms with E-state index in [9.17, 15) is 4.39 Å². The largest absolute Gasteiger partial charge is 0.207 e. The number of aryl methyl sites for hydroxylation is 1. The number of hydrogen-bond donors (Lipinski definition) is 0. The van der Waals surface area contributed by atoms with E-state index < -0.39 is 11.6 Å². The van der Waals surface area contributed by atoms with Crippen LogP contribution >= 0.6 is 0 Å². The molecule has 0 nitrogen and oxygen atoms in total. The van der Waals surface area contributed by atoms with Gasteiger partial charge in [-0.15, -0.1) is 0 Å². The first-order valence-electron chi connectivity index (χ1n) is 18.0. The number of benzene rings is 3. The van der Waals surface area contributed by atoms with Crippen molar-refractivity contribution in [3.63, 3.8) is 0 Å². The Morgan fingerprint density at radius 2 is 1.31 bits per heavy atom. The molecule has 0 radical (unpaired) electrons. The predicted octanol–water partition coefficient (Wildman–Crippen LogP) is 13.4. The lowest BCUT2D eigenvalue weighted by Crippen LogP contribution is -2.25. The molecule has 0 heterocycles. The summed E-state index contributed by atoms with van der Waals surface area (Å²) in [6.45, 7) is 4.27. The fourth-order valence-electron chi connectivity index (χ4n) is 8.15. The molecule has 0 amide bonds. The summed E-state index contributed by atoms with van der Waals surface area (Å²) >= 11 is 0. The molecule has 5 rings (SSSR count). The molecule has 45 heavy (non-hydrogen) atoms. The van der Waals surface area contributed by atoms with E-state index in [1.807, 2.05) is 24.3 Å². The first-order valence-corrected chi connectivity index (χ1v) is 18.0. The molecule has 3 heteroatoms. The van der Waals surface area contributed by atoms with Crippen LogP contribution in [-0.4, -0.2) is 0 Å². The van der Waals surface area contributed by atoms with Crippen LogP contribution in [0.5, 0.6) is 0 Å². The molecule has 0 spiro atoms. The lowest BCUT2D eigenvalue weighted by molar-refractivity contribution is 0.156. The Kier molecular flexibility index (Phi) is 12.4. The zero-order valence-corrected chi connectivity index (χ0v) is 27.6. The molecule has 0 saturated heterocycles. The zero-order valence-electron chi connectivity index (χ0n) is 27.6. The van der Waals surface area contributed by atoms with Gasteiger partial charge in [0.1, 0.15) is 5.82 Å². The third-order valence-electron chi connectivity index (χ3n) is 11.0. The summed E-state index contributed by atoms with van der Waals surface area (Å²) in [4.78, 5) is 0. The number of unbranched alkanes of at least 4 members (excludes halogenated alkanes) is 4. The zero-order chi connectivity index (χ0) is 31.6. The van der Waals surface area contributed by atoms with Gasteiger partial charge in [-0.25, -0.2) is 13.2 Å². The molecular formula is C42H53F3. The molecular weight excluding hydrogens is 561 g/mol. The number of allylic oxidation sites excluding steroid dienone is 2. The fraction of sp³-hybridized carbons (Fsp3) is 0.524. The van der Waals surface area contributed by atoms with Crippen molar-refractivity contribution in [2.24, 2.45) is 17.8 Å². The quantitative estimate of drug-likeness (QED) is 0.133. The first kappa shape index (κ1) is 33.6. The summed E-state index contributed by atoms with van der Waals surface area (Å²) in [5.41, 5.74) is 3.88. The van der Waals surface area contributed by atoms with Gasteiger partial charge in [-0.05, 0) is 129 Å². The summed E-state index contributed by atoms with van der Waals surface area (Å²) in [5, 5.41) is 0. The Balaban J connectivity index is 1.15. The summed E-state index contributed by atoms with van der Waals surface area (Å²) in [5.74, 6) is 1.23. The molecule has 2 fully saturated rings. The molecule has 2 saturated carbocycles. The number of rotatable bonds is 13. The van der Waals surface area contributed by atoms with Gasteiger partial charge in [0.2, 0.25) is 0 Å². The van der Waals surface area contributed by atoms with Crippen LogP contribution in [0.2, 0.25) is 0 Å². The van der Waals surface area contributed by atoms with Gasteiger partial charge in [0.05, 0.1) is 0 Å². The summed E-state index contributed by atoms with van der Waals surface area (Å²) in [6.07, 6.45) is 23.1. The third-order valence-corrected chi connectivity index (χ3v) is 11.0. The fourth-order valence-corrected chi connectivity index (χ4v) is 8.15. The van der Waals surface area contributed by atoms with Crippen molar-refractivity contribution in [1.82, 2.24) is 0 Å². The summed E-state index contributed by atoms with van der Waals surface area (Å²) in [7, 11) is 0. The van der Waals surface area contributed by atoms with E-state index >= 15 is 8.78 Å². The maximum atomic E-state index is 15.5. The van der Waals surface area contributed by atoms with Crippen LogP contribution in [0, 0.1) is 35.2 Å². The van der Waals surface area contributed by atoms with Crippen molar-refractivity contribution >= 4 is 0 Å². The summed E-state index contributed by atoms with van der Waals surface area (Å²) < 4.78 is 45.4. The highest BCUT2D eigenvalue weighted by atomic mass is 19.2. The van der Waals surface area contributed by atoms with Crippen LogP contribution in [-0.2, 0) is 6.42 Å². The maximum absolute atomic E-state index is 15.5. The first-order chi connectivity index (χ1) is 22.0. The van der Waals surface area contributed by atoms with Crippen molar-refractivity contribution in [1.29, 1.82) is 0 Å². The molecule has 0 atom stereocenters. The van der Waals surface area contributed by atoms with Crippen LogP contribution < -0.4 is 0 Å². The van der Waals surface area contributed by atoms with E-state index in [0.717, 1.165) is 73.0 Å². The Morgan fingerprint density at radius 3 is 1.98 bits per heavy atom. The van der Waals surface area contributed by atoms with E-state index in [4.69, 9.17) is 0 Å². The van der Waals surface area contributed by atoms with Gasteiger partial charge in [0.15, 0.2) is 11.6 Å². The Bertz CT molecular complexity index is 1370. The van der Waals surface area contributed by atoms with Crippen LogP contribution in [0.4, 0.5) is 13.2 Å². The van der Waals surface area contributed by atoms with Gasteiger partial charge >= 0.3 is 0 Å². The van der Waals surface area contributed by atoms with Crippen molar-refractivity contribution in [3.05, 3.63) is 95.3 Å². The van der Waals surface area contributed by atoms with E-state index in [2.05, 4.69) is 26.0 Å². The molecule has 0 unspecified atom stereocenters. The van der Waals surface area contributed by atoms with Crippen molar-refractivity contribution < 1.29 is 13.2 Å². The van der Waals surface area contributed by atoms with Gasteiger partial charge in [0, 0.05) is 5.56 Å². The summed E-state index contributed by atoms with van der Waals surface area (Å²) in [6, 6.07) is 16.4. The van der Waals surface area contributed by atoms with Gasteiger partial charge in [-0.1, -0.05) is 106 Å². The van der Waals surface area contributed by atoms with Crippen LogP contribution in [0.25, 0.3) is 22.3 Å². The molecule has 2 aliphatic rings. The predicted molar refractivity (Wildman–Crippen MR) is 184 cm³/mol. The molecule has 0 aromatic heterocycles. The number of halogens is 3. The Hall–Kier alpha value is -2.81. The topological polar surface area (TPSA) is 0 Å². The minimum atomic E-state index is -0.785. The van der Waals surface area contributed by atoms with Crippen LogP contribution in [0.15, 0.2) is 66.7 Å². The molecule has 3 aromatic carbocycles. The van der Waals surface area contributed by atoms with Gasteiger partial charge < -0.3 is 0 Å². The highest BCUT2D eigenvalue weighted by Crippen LogP contribution is 2.45. The monoisotopic (exact) mass is 614 g/mol. The molecule has 0 bridgehead atoms. The number of hydrogen-bond acceptors (Lipinski definition) is 0. The molecule has 242 valence electrons. The molecule has 0 N–H and O–H groups in total. The smallest absolute Gasteiger partial charge is 0.166 e. The highest BCUT2D eigenvalue weighted by molar-refractivity contribution is 5.71. The lowest BCUT2D eigenvalue weighted by Gasteiger charge is -2.38. The molecule has 0 aliphatic heterocycles. The van der Waals surface area contributed by atoms with Crippen LogP contribution in [0.1, 0.15) is 127 Å². The normalized spacial score (nSPS) is 22.2. The van der Waals surface area contributed by atoms with E-state index in [0.29, 0.717) is 23.5 Å². The average Bonchev–Trinajstić information content (AvgIpc) is 3.07. The van der Waals surface area contributed by atoms with Gasteiger partial charge in [-0.3, -0.25) is 0 Å². The second kappa shape index (κ2) is 16.7.